The first-order valence-electron chi connectivity index (χ1n) is 6.23. The van der Waals surface area contributed by atoms with Crippen LogP contribution in [0.3, 0.4) is 0 Å². The van der Waals surface area contributed by atoms with Crippen molar-refractivity contribution in [3.8, 4) is 11.5 Å². The average Bonchev–Trinajstić information content (AvgIpc) is 2.49. The molecule has 0 N–H and O–H groups in total. The van der Waals surface area contributed by atoms with Crippen LogP contribution in [-0.2, 0) is 6.18 Å². The molecule has 2 aromatic rings. The third-order valence-electron chi connectivity index (χ3n) is 2.92. The smallest absolute Gasteiger partial charge is 0.416 e. The van der Waals surface area contributed by atoms with E-state index < -0.39 is 43.2 Å². The van der Waals surface area contributed by atoms with Crippen molar-refractivity contribution in [1.29, 1.82) is 0 Å². The van der Waals surface area contributed by atoms with Gasteiger partial charge in [0.25, 0.3) is 10.9 Å². The quantitative estimate of drug-likeness (QED) is 0.345. The van der Waals surface area contributed by atoms with Gasteiger partial charge in [-0.3, -0.25) is 14.9 Å². The van der Waals surface area contributed by atoms with E-state index in [4.69, 9.17) is 39.5 Å². The molecule has 0 fully saturated rings. The fraction of sp³-hybridized carbons (Fsp3) is 0.0714. The molecule has 2 aromatic carbocycles. The van der Waals surface area contributed by atoms with Crippen LogP contribution in [0.25, 0.3) is 0 Å². The van der Waals surface area contributed by atoms with E-state index in [-0.39, 0.29) is 11.5 Å². The minimum absolute atomic E-state index is 0.127. The van der Waals surface area contributed by atoms with Crippen molar-refractivity contribution in [2.75, 3.05) is 0 Å². The lowest BCUT2D eigenvalue weighted by atomic mass is 10.2. The summed E-state index contributed by atoms with van der Waals surface area (Å²) >= 11 is 16.8. The van der Waals surface area contributed by atoms with Gasteiger partial charge in [0.05, 0.1) is 20.5 Å². The van der Waals surface area contributed by atoms with Crippen molar-refractivity contribution < 1.29 is 27.6 Å². The van der Waals surface area contributed by atoms with Crippen LogP contribution in [0.5, 0.6) is 11.5 Å². The summed E-state index contributed by atoms with van der Waals surface area (Å²) in [6.45, 7) is 0. The van der Waals surface area contributed by atoms with E-state index in [1.165, 1.54) is 0 Å². The van der Waals surface area contributed by atoms with E-state index >= 15 is 0 Å². The lowest BCUT2D eigenvalue weighted by molar-refractivity contribution is -0.385. The van der Waals surface area contributed by atoms with Gasteiger partial charge in [0.1, 0.15) is 11.3 Å². The standard InChI is InChI=1S/C14H5Cl3F3NO4/c15-9-3-6(14(18,19)20)4-10(16)12(9)25-7-1-2-11(21(23)24)8(5-7)13(17)22/h1-5H. The van der Waals surface area contributed by atoms with Gasteiger partial charge in [0.15, 0.2) is 5.75 Å². The first kappa shape index (κ1) is 19.3. The minimum atomic E-state index is -4.66. The summed E-state index contributed by atoms with van der Waals surface area (Å²) in [7, 11) is 0. The number of alkyl halides is 3. The molecule has 0 saturated carbocycles. The Morgan fingerprint density at radius 2 is 1.68 bits per heavy atom. The van der Waals surface area contributed by atoms with Crippen LogP contribution >= 0.6 is 34.8 Å². The third-order valence-corrected chi connectivity index (χ3v) is 3.69. The van der Waals surface area contributed by atoms with Gasteiger partial charge in [0, 0.05) is 6.07 Å². The highest BCUT2D eigenvalue weighted by molar-refractivity contribution is 6.68. The molecule has 0 unspecified atom stereocenters. The van der Waals surface area contributed by atoms with Gasteiger partial charge >= 0.3 is 6.18 Å². The first-order chi connectivity index (χ1) is 11.5. The Morgan fingerprint density at radius 1 is 1.12 bits per heavy atom. The Labute approximate surface area is 153 Å². The number of carbonyl (C=O) groups is 1. The van der Waals surface area contributed by atoms with Gasteiger partial charge in [-0.1, -0.05) is 23.2 Å². The maximum absolute atomic E-state index is 12.7. The summed E-state index contributed by atoms with van der Waals surface area (Å²) < 4.78 is 43.4. The number of halogens is 6. The summed E-state index contributed by atoms with van der Waals surface area (Å²) in [5.74, 6) is -0.434. The third kappa shape index (κ3) is 4.33. The van der Waals surface area contributed by atoms with Crippen molar-refractivity contribution >= 4 is 45.7 Å². The van der Waals surface area contributed by atoms with E-state index in [0.717, 1.165) is 18.2 Å². The molecule has 0 aliphatic carbocycles. The molecule has 2 rings (SSSR count). The normalized spacial score (nSPS) is 11.3. The number of nitrogens with zero attached hydrogens (tertiary/aromatic N) is 1. The second-order valence-corrected chi connectivity index (χ2v) is 5.74. The minimum Gasteiger partial charge on any atom is -0.454 e. The summed E-state index contributed by atoms with van der Waals surface area (Å²) in [6, 6.07) is 4.25. The van der Waals surface area contributed by atoms with Gasteiger partial charge in [-0.25, -0.2) is 0 Å². The zero-order valence-corrected chi connectivity index (χ0v) is 14.0. The van der Waals surface area contributed by atoms with Crippen LogP contribution in [0.15, 0.2) is 30.3 Å². The summed E-state index contributed by atoms with van der Waals surface area (Å²) in [4.78, 5) is 21.3. The number of carbonyl (C=O) groups excluding carboxylic acids is 1. The molecule has 0 atom stereocenters. The molecular formula is C14H5Cl3F3NO4. The highest BCUT2D eigenvalue weighted by Gasteiger charge is 2.32. The number of benzene rings is 2. The summed E-state index contributed by atoms with van der Waals surface area (Å²) in [6.07, 6.45) is -4.66. The van der Waals surface area contributed by atoms with Gasteiger partial charge < -0.3 is 4.74 Å². The van der Waals surface area contributed by atoms with Crippen LogP contribution in [0.1, 0.15) is 15.9 Å². The maximum Gasteiger partial charge on any atom is 0.416 e. The van der Waals surface area contributed by atoms with E-state index in [1.807, 2.05) is 0 Å². The molecule has 132 valence electrons. The number of ether oxygens (including phenoxy) is 1. The van der Waals surface area contributed by atoms with Crippen LogP contribution in [0.2, 0.25) is 10.0 Å². The predicted molar refractivity (Wildman–Crippen MR) is 84.8 cm³/mol. The van der Waals surface area contributed by atoms with Crippen LogP contribution in [0.4, 0.5) is 18.9 Å². The SMILES string of the molecule is O=C(Cl)c1cc(Oc2c(Cl)cc(C(F)(F)F)cc2Cl)ccc1[N+](=O)[O-]. The lowest BCUT2D eigenvalue weighted by Gasteiger charge is -2.13. The fourth-order valence-electron chi connectivity index (χ4n) is 1.83. The Balaban J connectivity index is 2.45. The van der Waals surface area contributed by atoms with Crippen molar-refractivity contribution in [1.82, 2.24) is 0 Å². The monoisotopic (exact) mass is 413 g/mol. The van der Waals surface area contributed by atoms with E-state index in [2.05, 4.69) is 0 Å². The summed E-state index contributed by atoms with van der Waals surface area (Å²) in [5, 5.41) is 8.86. The zero-order chi connectivity index (χ0) is 18.9. The van der Waals surface area contributed by atoms with Gasteiger partial charge in [-0.05, 0) is 35.9 Å². The molecule has 0 aliphatic heterocycles. The molecule has 0 heterocycles. The Bertz CT molecular complexity index is 848. The van der Waals surface area contributed by atoms with Crippen molar-refractivity contribution in [2.24, 2.45) is 0 Å². The van der Waals surface area contributed by atoms with Crippen LogP contribution in [-0.4, -0.2) is 10.2 Å². The molecule has 0 aliphatic rings. The lowest BCUT2D eigenvalue weighted by Crippen LogP contribution is -2.05. The molecule has 0 amide bonds. The van der Waals surface area contributed by atoms with Crippen LogP contribution < -0.4 is 4.74 Å². The molecule has 11 heteroatoms. The molecule has 0 spiro atoms. The number of nitro groups is 1. The zero-order valence-electron chi connectivity index (χ0n) is 11.7. The van der Waals surface area contributed by atoms with E-state index in [9.17, 15) is 28.1 Å². The summed E-state index contributed by atoms with van der Waals surface area (Å²) in [5.41, 5.74) is -2.09. The van der Waals surface area contributed by atoms with Gasteiger partial charge in [-0.15, -0.1) is 0 Å². The molecule has 5 nitrogen and oxygen atoms in total. The second-order valence-electron chi connectivity index (χ2n) is 4.58. The predicted octanol–water partition coefficient (Wildman–Crippen LogP) is 6.09. The highest BCUT2D eigenvalue weighted by atomic mass is 35.5. The topological polar surface area (TPSA) is 69.4 Å². The first-order valence-corrected chi connectivity index (χ1v) is 7.36. The number of nitro benzene ring substituents is 1. The fourth-order valence-corrected chi connectivity index (χ4v) is 2.55. The Hall–Kier alpha value is -2.03. The highest BCUT2D eigenvalue weighted by Crippen LogP contribution is 2.42. The van der Waals surface area contributed by atoms with E-state index in [1.54, 1.807) is 0 Å². The molecule has 0 saturated heterocycles. The molecule has 0 aromatic heterocycles. The van der Waals surface area contributed by atoms with Gasteiger partial charge in [0.2, 0.25) is 0 Å². The van der Waals surface area contributed by atoms with E-state index in [0.29, 0.717) is 12.1 Å². The van der Waals surface area contributed by atoms with Crippen molar-refractivity contribution in [3.63, 3.8) is 0 Å². The average molecular weight is 415 g/mol. The number of rotatable bonds is 4. The van der Waals surface area contributed by atoms with Gasteiger partial charge in [-0.2, -0.15) is 13.2 Å². The maximum atomic E-state index is 12.7. The Morgan fingerprint density at radius 3 is 2.12 bits per heavy atom. The molecular weight excluding hydrogens is 410 g/mol. The van der Waals surface area contributed by atoms with Crippen LogP contribution in [0, 0.1) is 10.1 Å². The number of hydrogen-bond donors (Lipinski definition) is 0. The second kappa shape index (κ2) is 7.07. The van der Waals surface area contributed by atoms with Crippen molar-refractivity contribution in [2.45, 2.75) is 6.18 Å². The number of hydrogen-bond acceptors (Lipinski definition) is 4. The molecule has 0 radical (unpaired) electrons. The largest absolute Gasteiger partial charge is 0.454 e. The molecule has 25 heavy (non-hydrogen) atoms. The Kier molecular flexibility index (Phi) is 5.46. The molecule has 0 bridgehead atoms. The van der Waals surface area contributed by atoms with Crippen molar-refractivity contribution in [3.05, 3.63) is 61.6 Å².